The fourth-order valence-electron chi connectivity index (χ4n) is 1.43. The molecule has 2 N–H and O–H groups in total. The van der Waals surface area contributed by atoms with Crippen LogP contribution in [0.2, 0.25) is 0 Å². The van der Waals surface area contributed by atoms with Crippen LogP contribution in [0.15, 0.2) is 16.7 Å². The molecule has 0 fully saturated rings. The van der Waals surface area contributed by atoms with Crippen LogP contribution in [0.25, 0.3) is 0 Å². The number of sulfonamides is 1. The SMILES string of the molecule is CCn1cc(Br)cc1C(=O)NCCNS(C)(=O)=O. The van der Waals surface area contributed by atoms with Gasteiger partial charge in [0.1, 0.15) is 5.69 Å². The van der Waals surface area contributed by atoms with Crippen LogP contribution in [0, 0.1) is 0 Å². The Labute approximate surface area is 115 Å². The maximum Gasteiger partial charge on any atom is 0.267 e. The molecule has 0 saturated heterocycles. The molecule has 0 atom stereocenters. The number of carbonyl (C=O) groups excluding carboxylic acids is 1. The summed E-state index contributed by atoms with van der Waals surface area (Å²) in [5.41, 5.74) is 0.545. The zero-order valence-electron chi connectivity index (χ0n) is 10.2. The van der Waals surface area contributed by atoms with E-state index in [9.17, 15) is 13.2 Å². The van der Waals surface area contributed by atoms with Crippen molar-refractivity contribution in [1.29, 1.82) is 0 Å². The van der Waals surface area contributed by atoms with Crippen LogP contribution < -0.4 is 10.0 Å². The zero-order chi connectivity index (χ0) is 13.8. The summed E-state index contributed by atoms with van der Waals surface area (Å²) >= 11 is 3.31. The highest BCUT2D eigenvalue weighted by Gasteiger charge is 2.11. The normalized spacial score (nSPS) is 11.5. The Balaban J connectivity index is 2.50. The summed E-state index contributed by atoms with van der Waals surface area (Å²) < 4.78 is 26.6. The first-order valence-corrected chi connectivity index (χ1v) is 8.10. The lowest BCUT2D eigenvalue weighted by Crippen LogP contribution is -2.34. The minimum atomic E-state index is -3.21. The van der Waals surface area contributed by atoms with E-state index in [0.29, 0.717) is 12.2 Å². The van der Waals surface area contributed by atoms with E-state index in [1.807, 2.05) is 17.7 Å². The molecule has 0 unspecified atom stereocenters. The van der Waals surface area contributed by atoms with Crippen molar-refractivity contribution in [3.8, 4) is 0 Å². The molecular formula is C10H16BrN3O3S. The second kappa shape index (κ2) is 6.35. The Morgan fingerprint density at radius 3 is 2.67 bits per heavy atom. The smallest absolute Gasteiger partial charge is 0.267 e. The number of rotatable bonds is 6. The van der Waals surface area contributed by atoms with Gasteiger partial charge in [0.05, 0.1) is 6.26 Å². The van der Waals surface area contributed by atoms with E-state index in [0.717, 1.165) is 10.7 Å². The van der Waals surface area contributed by atoms with Gasteiger partial charge >= 0.3 is 0 Å². The van der Waals surface area contributed by atoms with Crippen molar-refractivity contribution >= 4 is 31.9 Å². The van der Waals surface area contributed by atoms with Gasteiger partial charge in [-0.1, -0.05) is 0 Å². The molecule has 0 aliphatic rings. The molecule has 18 heavy (non-hydrogen) atoms. The molecular weight excluding hydrogens is 322 g/mol. The van der Waals surface area contributed by atoms with Crippen LogP contribution in [-0.2, 0) is 16.6 Å². The molecule has 0 spiro atoms. The van der Waals surface area contributed by atoms with Gasteiger partial charge in [-0.3, -0.25) is 4.79 Å². The molecule has 1 amide bonds. The average molecular weight is 338 g/mol. The minimum Gasteiger partial charge on any atom is -0.349 e. The van der Waals surface area contributed by atoms with Gasteiger partial charge in [-0.2, -0.15) is 0 Å². The molecule has 0 aromatic carbocycles. The van der Waals surface area contributed by atoms with Gasteiger partial charge in [0.25, 0.3) is 5.91 Å². The van der Waals surface area contributed by atoms with E-state index in [1.165, 1.54) is 0 Å². The zero-order valence-corrected chi connectivity index (χ0v) is 12.6. The molecule has 0 aliphatic carbocycles. The first-order chi connectivity index (χ1) is 8.33. The van der Waals surface area contributed by atoms with E-state index < -0.39 is 10.0 Å². The number of aromatic nitrogens is 1. The summed E-state index contributed by atoms with van der Waals surface area (Å²) in [7, 11) is -3.21. The Kier molecular flexibility index (Phi) is 5.36. The first-order valence-electron chi connectivity index (χ1n) is 5.42. The lowest BCUT2D eigenvalue weighted by Gasteiger charge is -2.07. The summed E-state index contributed by atoms with van der Waals surface area (Å²) in [6.45, 7) is 3.06. The largest absolute Gasteiger partial charge is 0.349 e. The first kappa shape index (κ1) is 15.2. The second-order valence-electron chi connectivity index (χ2n) is 3.75. The molecule has 8 heteroatoms. The predicted octanol–water partition coefficient (Wildman–Crippen LogP) is 0.549. The van der Waals surface area contributed by atoms with Crippen LogP contribution in [0.5, 0.6) is 0 Å². The third-order valence-electron chi connectivity index (χ3n) is 2.21. The number of nitrogens with zero attached hydrogens (tertiary/aromatic N) is 1. The van der Waals surface area contributed by atoms with Crippen molar-refractivity contribution in [2.45, 2.75) is 13.5 Å². The number of amides is 1. The fraction of sp³-hybridized carbons (Fsp3) is 0.500. The van der Waals surface area contributed by atoms with Gasteiger partial charge < -0.3 is 9.88 Å². The van der Waals surface area contributed by atoms with E-state index >= 15 is 0 Å². The lowest BCUT2D eigenvalue weighted by atomic mass is 10.4. The molecule has 0 aliphatic heterocycles. The van der Waals surface area contributed by atoms with Crippen LogP contribution in [0.4, 0.5) is 0 Å². The molecule has 0 saturated carbocycles. The molecule has 6 nitrogen and oxygen atoms in total. The average Bonchev–Trinajstić information content (AvgIpc) is 2.64. The summed E-state index contributed by atoms with van der Waals surface area (Å²) in [5.74, 6) is -0.224. The maximum atomic E-state index is 11.8. The number of halogens is 1. The molecule has 1 heterocycles. The minimum absolute atomic E-state index is 0.179. The van der Waals surface area contributed by atoms with Gasteiger partial charge in [0.15, 0.2) is 0 Å². The van der Waals surface area contributed by atoms with Crippen molar-refractivity contribution in [2.75, 3.05) is 19.3 Å². The van der Waals surface area contributed by atoms with Gasteiger partial charge in [0, 0.05) is 30.3 Å². The number of nitrogens with one attached hydrogen (secondary N) is 2. The summed E-state index contributed by atoms with van der Waals surface area (Å²) in [6, 6.07) is 1.73. The molecule has 1 aromatic heterocycles. The standard InChI is InChI=1S/C10H16BrN3O3S/c1-3-14-7-8(11)6-9(14)10(15)12-4-5-13-18(2,16)17/h6-7,13H,3-5H2,1-2H3,(H,12,15). The van der Waals surface area contributed by atoms with Gasteiger partial charge in [0.2, 0.25) is 10.0 Å². The van der Waals surface area contributed by atoms with Crippen molar-refractivity contribution in [2.24, 2.45) is 0 Å². The summed E-state index contributed by atoms with van der Waals surface area (Å²) in [6.07, 6.45) is 2.90. The fourth-order valence-corrected chi connectivity index (χ4v) is 2.37. The van der Waals surface area contributed by atoms with Crippen molar-refractivity contribution < 1.29 is 13.2 Å². The highest BCUT2D eigenvalue weighted by Crippen LogP contribution is 2.14. The molecule has 102 valence electrons. The number of aryl methyl sites for hydroxylation is 1. The Morgan fingerprint density at radius 2 is 2.11 bits per heavy atom. The highest BCUT2D eigenvalue weighted by molar-refractivity contribution is 9.10. The van der Waals surface area contributed by atoms with E-state index in [-0.39, 0.29) is 19.0 Å². The van der Waals surface area contributed by atoms with Crippen LogP contribution >= 0.6 is 15.9 Å². The third-order valence-corrected chi connectivity index (χ3v) is 3.37. The topological polar surface area (TPSA) is 80.2 Å². The summed E-state index contributed by atoms with van der Waals surface area (Å²) in [5, 5.41) is 2.65. The van der Waals surface area contributed by atoms with E-state index in [1.54, 1.807) is 6.07 Å². The number of carbonyl (C=O) groups is 1. The summed E-state index contributed by atoms with van der Waals surface area (Å²) in [4.78, 5) is 11.8. The van der Waals surface area contributed by atoms with Crippen molar-refractivity contribution in [3.05, 3.63) is 22.4 Å². The molecule has 1 rings (SSSR count). The number of hydrogen-bond donors (Lipinski definition) is 2. The monoisotopic (exact) mass is 337 g/mol. The third kappa shape index (κ3) is 4.79. The van der Waals surface area contributed by atoms with Crippen molar-refractivity contribution in [3.63, 3.8) is 0 Å². The maximum absolute atomic E-state index is 11.8. The Morgan fingerprint density at radius 1 is 1.44 bits per heavy atom. The molecule has 0 radical (unpaired) electrons. The van der Waals surface area contributed by atoms with E-state index in [4.69, 9.17) is 0 Å². The predicted molar refractivity (Wildman–Crippen MR) is 73.0 cm³/mol. The molecule has 1 aromatic rings. The lowest BCUT2D eigenvalue weighted by molar-refractivity contribution is 0.0945. The van der Waals surface area contributed by atoms with Gasteiger partial charge in [-0.15, -0.1) is 0 Å². The van der Waals surface area contributed by atoms with Crippen LogP contribution in [0.1, 0.15) is 17.4 Å². The van der Waals surface area contributed by atoms with Crippen LogP contribution in [0.3, 0.4) is 0 Å². The van der Waals surface area contributed by atoms with Crippen LogP contribution in [-0.4, -0.2) is 38.2 Å². The number of hydrogen-bond acceptors (Lipinski definition) is 3. The molecule has 0 bridgehead atoms. The quantitative estimate of drug-likeness (QED) is 0.744. The van der Waals surface area contributed by atoms with E-state index in [2.05, 4.69) is 26.0 Å². The van der Waals surface area contributed by atoms with Crippen molar-refractivity contribution in [1.82, 2.24) is 14.6 Å². The van der Waals surface area contributed by atoms with Gasteiger partial charge in [-0.05, 0) is 28.9 Å². The van der Waals surface area contributed by atoms with Gasteiger partial charge in [-0.25, -0.2) is 13.1 Å². The Hall–Kier alpha value is -0.860. The highest BCUT2D eigenvalue weighted by atomic mass is 79.9. The second-order valence-corrected chi connectivity index (χ2v) is 6.50. The Bertz CT molecular complexity index is 524.